The van der Waals surface area contributed by atoms with E-state index in [0.717, 1.165) is 11.3 Å². The molecule has 1 heterocycles. The molecule has 0 aromatic heterocycles. The minimum Gasteiger partial charge on any atom is -0.312 e. The summed E-state index contributed by atoms with van der Waals surface area (Å²) >= 11 is 1.86. The number of likely N-dealkylation sites (N-methyl/N-ethyl adjacent to an activating group) is 1. The van der Waals surface area contributed by atoms with Crippen LogP contribution < -0.4 is 5.32 Å². The average Bonchev–Trinajstić information content (AvgIpc) is 2.86. The Bertz CT molecular complexity index is 584. The topological polar surface area (TPSA) is 12.0 Å². The Hall–Kier alpha value is -1.32. The summed E-state index contributed by atoms with van der Waals surface area (Å²) in [5.41, 5.74) is 2.09. The van der Waals surface area contributed by atoms with E-state index in [4.69, 9.17) is 0 Å². The van der Waals surface area contributed by atoms with Crippen LogP contribution in [0.4, 0.5) is 4.39 Å². The normalized spacial score (nSPS) is 19.2. The second kappa shape index (κ2) is 5.35. The number of rotatable bonds is 3. The Kier molecular flexibility index (Phi) is 3.58. The standard InChI is InChI=1S/C16H16FNS/c1-18-16(12-7-2-4-8-14(12)17)13-10-19-15-9-5-3-6-11(13)15/h2-9,13,16,18H,10H2,1H3. The van der Waals surface area contributed by atoms with Crippen molar-refractivity contribution >= 4 is 11.8 Å². The van der Waals surface area contributed by atoms with Crippen molar-refractivity contribution < 1.29 is 4.39 Å². The molecule has 1 nitrogen and oxygen atoms in total. The van der Waals surface area contributed by atoms with Crippen LogP contribution in [-0.2, 0) is 0 Å². The van der Waals surface area contributed by atoms with E-state index in [-0.39, 0.29) is 11.9 Å². The van der Waals surface area contributed by atoms with Gasteiger partial charge in [-0.2, -0.15) is 0 Å². The molecule has 0 aliphatic carbocycles. The van der Waals surface area contributed by atoms with Crippen molar-refractivity contribution in [1.82, 2.24) is 5.32 Å². The fourth-order valence-electron chi connectivity index (χ4n) is 2.76. The van der Waals surface area contributed by atoms with Crippen LogP contribution in [0, 0.1) is 5.82 Å². The predicted molar refractivity (Wildman–Crippen MR) is 78.1 cm³/mol. The number of thioether (sulfide) groups is 1. The highest BCUT2D eigenvalue weighted by atomic mass is 32.2. The number of nitrogens with one attached hydrogen (secondary N) is 1. The molecule has 3 rings (SSSR count). The molecule has 0 amide bonds. The van der Waals surface area contributed by atoms with E-state index in [1.807, 2.05) is 30.9 Å². The molecule has 0 fully saturated rings. The lowest BCUT2D eigenvalue weighted by Crippen LogP contribution is -2.25. The second-order valence-corrected chi connectivity index (χ2v) is 5.81. The summed E-state index contributed by atoms with van der Waals surface area (Å²) in [5.74, 6) is 1.19. The monoisotopic (exact) mass is 273 g/mol. The Morgan fingerprint density at radius 3 is 2.68 bits per heavy atom. The number of hydrogen-bond acceptors (Lipinski definition) is 2. The van der Waals surface area contributed by atoms with Crippen molar-refractivity contribution in [2.45, 2.75) is 16.9 Å². The van der Waals surface area contributed by atoms with Gasteiger partial charge in [0.2, 0.25) is 0 Å². The van der Waals surface area contributed by atoms with E-state index < -0.39 is 0 Å². The average molecular weight is 273 g/mol. The summed E-state index contributed by atoms with van der Waals surface area (Å²) in [5, 5.41) is 3.29. The van der Waals surface area contributed by atoms with E-state index in [2.05, 4.69) is 29.6 Å². The molecule has 2 aromatic rings. The van der Waals surface area contributed by atoms with E-state index >= 15 is 0 Å². The van der Waals surface area contributed by atoms with Gasteiger partial charge in [-0.15, -0.1) is 11.8 Å². The van der Waals surface area contributed by atoms with Crippen LogP contribution in [0.2, 0.25) is 0 Å². The van der Waals surface area contributed by atoms with Crippen molar-refractivity contribution in [1.29, 1.82) is 0 Å². The zero-order valence-corrected chi connectivity index (χ0v) is 11.6. The zero-order chi connectivity index (χ0) is 13.2. The first kappa shape index (κ1) is 12.7. The molecule has 1 aliphatic heterocycles. The van der Waals surface area contributed by atoms with E-state index in [0.29, 0.717) is 5.92 Å². The highest BCUT2D eigenvalue weighted by Crippen LogP contribution is 2.45. The minimum atomic E-state index is -0.128. The quantitative estimate of drug-likeness (QED) is 0.908. The van der Waals surface area contributed by atoms with Crippen LogP contribution in [0.1, 0.15) is 23.1 Å². The molecule has 1 aliphatic rings. The van der Waals surface area contributed by atoms with Gasteiger partial charge in [0.1, 0.15) is 5.82 Å². The van der Waals surface area contributed by atoms with Crippen LogP contribution in [-0.4, -0.2) is 12.8 Å². The largest absolute Gasteiger partial charge is 0.312 e. The van der Waals surface area contributed by atoms with Gasteiger partial charge < -0.3 is 5.32 Å². The highest BCUT2D eigenvalue weighted by molar-refractivity contribution is 7.99. The predicted octanol–water partition coefficient (Wildman–Crippen LogP) is 3.98. The van der Waals surface area contributed by atoms with Gasteiger partial charge >= 0.3 is 0 Å². The Balaban J connectivity index is 1.99. The first-order valence-corrected chi connectivity index (χ1v) is 7.43. The Labute approximate surface area is 117 Å². The third-order valence-corrected chi connectivity index (χ3v) is 4.90. The van der Waals surface area contributed by atoms with E-state index in [1.165, 1.54) is 16.5 Å². The van der Waals surface area contributed by atoms with E-state index in [1.54, 1.807) is 6.07 Å². The van der Waals surface area contributed by atoms with Gasteiger partial charge in [-0.25, -0.2) is 4.39 Å². The van der Waals surface area contributed by atoms with Crippen LogP contribution in [0.15, 0.2) is 53.4 Å². The van der Waals surface area contributed by atoms with Crippen molar-refractivity contribution in [3.63, 3.8) is 0 Å². The summed E-state index contributed by atoms with van der Waals surface area (Å²) in [4.78, 5) is 1.32. The third kappa shape index (κ3) is 2.28. The van der Waals surface area contributed by atoms with Crippen LogP contribution in [0.5, 0.6) is 0 Å². The lowest BCUT2D eigenvalue weighted by molar-refractivity contribution is 0.483. The van der Waals surface area contributed by atoms with Gasteiger partial charge in [0, 0.05) is 28.2 Å². The fraction of sp³-hybridized carbons (Fsp3) is 0.250. The lowest BCUT2D eigenvalue weighted by Gasteiger charge is -2.24. The number of hydrogen-bond donors (Lipinski definition) is 1. The first-order valence-electron chi connectivity index (χ1n) is 6.44. The smallest absolute Gasteiger partial charge is 0.128 e. The summed E-state index contributed by atoms with van der Waals surface area (Å²) < 4.78 is 14.0. The fourth-order valence-corrected chi connectivity index (χ4v) is 4.06. The molecule has 2 atom stereocenters. The molecule has 19 heavy (non-hydrogen) atoms. The molecular formula is C16H16FNS. The second-order valence-electron chi connectivity index (χ2n) is 4.74. The summed E-state index contributed by atoms with van der Waals surface area (Å²) in [6.45, 7) is 0. The summed E-state index contributed by atoms with van der Waals surface area (Å²) in [6.07, 6.45) is 0. The van der Waals surface area contributed by atoms with Gasteiger partial charge in [0.25, 0.3) is 0 Å². The van der Waals surface area contributed by atoms with Crippen LogP contribution >= 0.6 is 11.8 Å². The van der Waals surface area contributed by atoms with Gasteiger partial charge in [0.15, 0.2) is 0 Å². The van der Waals surface area contributed by atoms with Gasteiger partial charge in [-0.05, 0) is 24.7 Å². The SMILES string of the molecule is CNC(c1ccccc1F)C1CSc2ccccc21. The maximum absolute atomic E-state index is 14.0. The maximum atomic E-state index is 14.0. The van der Waals surface area contributed by atoms with Crippen molar-refractivity contribution in [2.24, 2.45) is 0 Å². The van der Waals surface area contributed by atoms with Gasteiger partial charge in [-0.1, -0.05) is 36.4 Å². The Morgan fingerprint density at radius 1 is 1.16 bits per heavy atom. The number of halogens is 1. The maximum Gasteiger partial charge on any atom is 0.128 e. The first-order chi connectivity index (χ1) is 9.31. The molecule has 2 aromatic carbocycles. The molecule has 0 bridgehead atoms. The third-order valence-electron chi connectivity index (χ3n) is 3.69. The highest BCUT2D eigenvalue weighted by Gasteiger charge is 2.31. The lowest BCUT2D eigenvalue weighted by atomic mass is 9.88. The van der Waals surface area contributed by atoms with Crippen LogP contribution in [0.3, 0.4) is 0 Å². The number of fused-ring (bicyclic) bond motifs is 1. The zero-order valence-electron chi connectivity index (χ0n) is 10.8. The van der Waals surface area contributed by atoms with Gasteiger partial charge in [0.05, 0.1) is 0 Å². The molecule has 0 radical (unpaired) electrons. The minimum absolute atomic E-state index is 0.0253. The molecule has 0 spiro atoms. The van der Waals surface area contributed by atoms with Crippen molar-refractivity contribution in [2.75, 3.05) is 12.8 Å². The summed E-state index contributed by atoms with van der Waals surface area (Å²) in [7, 11) is 1.91. The van der Waals surface area contributed by atoms with Crippen LogP contribution in [0.25, 0.3) is 0 Å². The molecule has 3 heteroatoms. The Morgan fingerprint density at radius 2 is 1.89 bits per heavy atom. The van der Waals surface area contributed by atoms with Gasteiger partial charge in [-0.3, -0.25) is 0 Å². The number of benzene rings is 2. The molecule has 0 saturated carbocycles. The molecule has 0 saturated heterocycles. The molecule has 98 valence electrons. The molecule has 2 unspecified atom stereocenters. The molecule has 1 N–H and O–H groups in total. The van der Waals surface area contributed by atoms with E-state index in [9.17, 15) is 4.39 Å². The molecular weight excluding hydrogens is 257 g/mol. The van der Waals surface area contributed by atoms with Crippen molar-refractivity contribution in [3.05, 3.63) is 65.5 Å². The summed E-state index contributed by atoms with van der Waals surface area (Å²) in [6, 6.07) is 15.5. The van der Waals surface area contributed by atoms with Crippen molar-refractivity contribution in [3.8, 4) is 0 Å².